The first-order chi connectivity index (χ1) is 12.1. The van der Waals surface area contributed by atoms with Gasteiger partial charge in [0, 0.05) is 24.5 Å². The maximum atomic E-state index is 13.1. The molecular weight excluding hydrogens is 312 g/mol. The molecule has 0 aliphatic carbocycles. The molecule has 2 saturated heterocycles. The summed E-state index contributed by atoms with van der Waals surface area (Å²) < 4.78 is 5.22. The van der Waals surface area contributed by atoms with E-state index in [4.69, 9.17) is 4.52 Å². The van der Waals surface area contributed by atoms with Crippen LogP contribution >= 0.6 is 0 Å². The fraction of sp³-hybridized carbons (Fsp3) is 0.524. The molecule has 132 valence electrons. The molecule has 0 N–H and O–H groups in total. The van der Waals surface area contributed by atoms with E-state index in [9.17, 15) is 4.79 Å². The van der Waals surface area contributed by atoms with Crippen LogP contribution in [0.25, 0.3) is 0 Å². The van der Waals surface area contributed by atoms with Gasteiger partial charge in [-0.3, -0.25) is 9.69 Å². The van der Waals surface area contributed by atoms with Crippen molar-refractivity contribution in [1.29, 1.82) is 0 Å². The molecule has 2 atom stereocenters. The van der Waals surface area contributed by atoms with E-state index in [1.165, 1.54) is 24.8 Å². The molecule has 0 saturated carbocycles. The lowest BCUT2D eigenvalue weighted by molar-refractivity contribution is 0.00900. The number of hydrogen-bond donors (Lipinski definition) is 0. The van der Waals surface area contributed by atoms with E-state index < -0.39 is 0 Å². The number of rotatable bonds is 4. The largest absolute Gasteiger partial charge is 0.361 e. The number of benzene rings is 1. The van der Waals surface area contributed by atoms with Gasteiger partial charge in [-0.05, 0) is 45.1 Å². The smallest absolute Gasteiger partial charge is 0.171 e. The Morgan fingerprint density at radius 3 is 2.44 bits per heavy atom. The Labute approximate surface area is 149 Å². The number of carbonyl (C=O) groups excluding carboxylic acids is 1. The number of ketones is 1. The average molecular weight is 338 g/mol. The first kappa shape index (κ1) is 16.5. The highest BCUT2D eigenvalue weighted by Gasteiger charge is 2.41. The van der Waals surface area contributed by atoms with Crippen molar-refractivity contribution in [3.8, 4) is 0 Å². The van der Waals surface area contributed by atoms with Crippen molar-refractivity contribution in [2.45, 2.75) is 64.6 Å². The highest BCUT2D eigenvalue weighted by atomic mass is 16.5. The lowest BCUT2D eigenvalue weighted by atomic mass is 9.75. The van der Waals surface area contributed by atoms with E-state index in [0.717, 1.165) is 30.6 Å². The zero-order valence-electron chi connectivity index (χ0n) is 15.1. The molecule has 3 heterocycles. The molecule has 2 aromatic rings. The van der Waals surface area contributed by atoms with Gasteiger partial charge in [-0.25, -0.2) is 0 Å². The van der Waals surface area contributed by atoms with Gasteiger partial charge in [0.25, 0.3) is 0 Å². The minimum absolute atomic E-state index is 0.110. The van der Waals surface area contributed by atoms with Crippen LogP contribution in [0.5, 0.6) is 0 Å². The highest BCUT2D eigenvalue weighted by Crippen LogP contribution is 2.39. The van der Waals surface area contributed by atoms with Gasteiger partial charge < -0.3 is 4.52 Å². The first-order valence-electron chi connectivity index (χ1n) is 9.40. The SMILES string of the molecule is Cc1noc(C)c1C(=O)C1CC2CCCC(C1)N2Cc1ccccc1. The molecule has 25 heavy (non-hydrogen) atoms. The van der Waals surface area contributed by atoms with E-state index >= 15 is 0 Å². The molecule has 0 amide bonds. The molecular formula is C21H26N2O2. The molecule has 0 spiro atoms. The Kier molecular flexibility index (Phi) is 4.46. The number of carbonyl (C=O) groups is 1. The van der Waals surface area contributed by atoms with Crippen LogP contribution in [0.15, 0.2) is 34.9 Å². The van der Waals surface area contributed by atoms with Gasteiger partial charge >= 0.3 is 0 Å². The summed E-state index contributed by atoms with van der Waals surface area (Å²) in [6.07, 6.45) is 5.62. The molecule has 4 heteroatoms. The predicted octanol–water partition coefficient (Wildman–Crippen LogP) is 4.31. The summed E-state index contributed by atoms with van der Waals surface area (Å²) in [6.45, 7) is 4.72. The summed E-state index contributed by atoms with van der Waals surface area (Å²) >= 11 is 0. The third kappa shape index (κ3) is 3.15. The maximum Gasteiger partial charge on any atom is 0.171 e. The van der Waals surface area contributed by atoms with Crippen LogP contribution in [0, 0.1) is 19.8 Å². The Bertz CT molecular complexity index is 719. The van der Waals surface area contributed by atoms with Crippen molar-refractivity contribution in [2.75, 3.05) is 0 Å². The minimum atomic E-state index is 0.110. The molecule has 1 aromatic carbocycles. The van der Waals surface area contributed by atoms with Crippen LogP contribution in [-0.2, 0) is 6.54 Å². The van der Waals surface area contributed by atoms with Crippen molar-refractivity contribution >= 4 is 5.78 Å². The highest BCUT2D eigenvalue weighted by molar-refractivity contribution is 5.99. The minimum Gasteiger partial charge on any atom is -0.361 e. The van der Waals surface area contributed by atoms with E-state index in [0.29, 0.717) is 17.8 Å². The summed E-state index contributed by atoms with van der Waals surface area (Å²) in [5, 5.41) is 3.97. The van der Waals surface area contributed by atoms with Crippen LogP contribution in [-0.4, -0.2) is 27.9 Å². The first-order valence-corrected chi connectivity index (χ1v) is 9.40. The molecule has 2 fully saturated rings. The van der Waals surface area contributed by atoms with Crippen LogP contribution < -0.4 is 0 Å². The number of fused-ring (bicyclic) bond motifs is 2. The second-order valence-corrected chi connectivity index (χ2v) is 7.63. The zero-order valence-corrected chi connectivity index (χ0v) is 15.1. The molecule has 2 aliphatic heterocycles. The van der Waals surface area contributed by atoms with Crippen LogP contribution in [0.2, 0.25) is 0 Å². The van der Waals surface area contributed by atoms with Crippen molar-refractivity contribution in [1.82, 2.24) is 10.1 Å². The molecule has 4 nitrogen and oxygen atoms in total. The standard InChI is InChI=1S/C21H26N2O2/c1-14-20(15(2)25-22-14)21(24)17-11-18-9-6-10-19(12-17)23(18)13-16-7-4-3-5-8-16/h3-5,7-8,17-19H,6,9-13H2,1-2H3. The average Bonchev–Trinajstić information content (AvgIpc) is 2.93. The second kappa shape index (κ2) is 6.75. The van der Waals surface area contributed by atoms with E-state index in [1.807, 2.05) is 13.8 Å². The molecule has 4 rings (SSSR count). The van der Waals surface area contributed by atoms with Gasteiger partial charge in [0.15, 0.2) is 5.78 Å². The third-order valence-electron chi connectivity index (χ3n) is 5.98. The Morgan fingerprint density at radius 1 is 1.16 bits per heavy atom. The van der Waals surface area contributed by atoms with Crippen LogP contribution in [0.3, 0.4) is 0 Å². The van der Waals surface area contributed by atoms with Gasteiger partial charge in [-0.15, -0.1) is 0 Å². The van der Waals surface area contributed by atoms with Crippen LogP contribution in [0.1, 0.15) is 59.5 Å². The summed E-state index contributed by atoms with van der Waals surface area (Å²) in [5.74, 6) is 1.02. The van der Waals surface area contributed by atoms with Gasteiger partial charge in [-0.1, -0.05) is 41.9 Å². The Morgan fingerprint density at radius 2 is 1.84 bits per heavy atom. The molecule has 1 aromatic heterocycles. The van der Waals surface area contributed by atoms with Crippen molar-refractivity contribution < 1.29 is 9.32 Å². The molecule has 2 unspecified atom stereocenters. The van der Waals surface area contributed by atoms with Crippen molar-refractivity contribution in [3.63, 3.8) is 0 Å². The quantitative estimate of drug-likeness (QED) is 0.780. The number of aromatic nitrogens is 1. The van der Waals surface area contributed by atoms with E-state index in [1.54, 1.807) is 0 Å². The Hall–Kier alpha value is -1.94. The lowest BCUT2D eigenvalue weighted by Crippen LogP contribution is -2.52. The topological polar surface area (TPSA) is 46.3 Å². The normalized spacial score (nSPS) is 26.6. The fourth-order valence-electron chi connectivity index (χ4n) is 4.78. The predicted molar refractivity (Wildman–Crippen MR) is 96.4 cm³/mol. The van der Waals surface area contributed by atoms with E-state index in [-0.39, 0.29) is 11.7 Å². The molecule has 2 aliphatic rings. The van der Waals surface area contributed by atoms with Gasteiger partial charge in [0.1, 0.15) is 5.76 Å². The van der Waals surface area contributed by atoms with Crippen LogP contribution in [0.4, 0.5) is 0 Å². The zero-order chi connectivity index (χ0) is 17.4. The van der Waals surface area contributed by atoms with E-state index in [2.05, 4.69) is 40.4 Å². The third-order valence-corrected chi connectivity index (χ3v) is 5.98. The number of Topliss-reactive ketones (excluding diaryl/α,β-unsaturated/α-hetero) is 1. The fourth-order valence-corrected chi connectivity index (χ4v) is 4.78. The Balaban J connectivity index is 1.52. The van der Waals surface area contributed by atoms with Gasteiger partial charge in [0.05, 0.1) is 11.3 Å². The monoisotopic (exact) mass is 338 g/mol. The molecule has 0 radical (unpaired) electrons. The van der Waals surface area contributed by atoms with Crippen molar-refractivity contribution in [2.24, 2.45) is 5.92 Å². The van der Waals surface area contributed by atoms with Gasteiger partial charge in [-0.2, -0.15) is 0 Å². The number of piperidine rings is 2. The summed E-state index contributed by atoms with van der Waals surface area (Å²) in [7, 11) is 0. The number of hydrogen-bond acceptors (Lipinski definition) is 4. The number of nitrogens with zero attached hydrogens (tertiary/aromatic N) is 2. The second-order valence-electron chi connectivity index (χ2n) is 7.63. The molecule has 2 bridgehead atoms. The van der Waals surface area contributed by atoms with Crippen molar-refractivity contribution in [3.05, 3.63) is 52.9 Å². The maximum absolute atomic E-state index is 13.1. The summed E-state index contributed by atoms with van der Waals surface area (Å²) in [4.78, 5) is 15.7. The summed E-state index contributed by atoms with van der Waals surface area (Å²) in [6, 6.07) is 11.7. The van der Waals surface area contributed by atoms with Gasteiger partial charge in [0.2, 0.25) is 0 Å². The summed E-state index contributed by atoms with van der Waals surface area (Å²) in [5.41, 5.74) is 2.83. The lowest BCUT2D eigenvalue weighted by Gasteiger charge is -2.48. The number of aryl methyl sites for hydroxylation is 2.